The van der Waals surface area contributed by atoms with Crippen molar-refractivity contribution in [2.75, 3.05) is 19.4 Å². The monoisotopic (exact) mass is 500 g/mol. The average Bonchev–Trinajstić information content (AvgIpc) is 3.17. The number of aromatic nitrogens is 1. The first-order valence-electron chi connectivity index (χ1n) is 10.5. The van der Waals surface area contributed by atoms with Crippen molar-refractivity contribution in [2.24, 2.45) is 10.8 Å². The van der Waals surface area contributed by atoms with E-state index >= 15 is 0 Å². The maximum atomic E-state index is 12.1. The van der Waals surface area contributed by atoms with Gasteiger partial charge in [0, 0.05) is 37.9 Å². The molecule has 1 aromatic heterocycles. The van der Waals surface area contributed by atoms with Crippen molar-refractivity contribution in [1.82, 2.24) is 15.3 Å². The summed E-state index contributed by atoms with van der Waals surface area (Å²) >= 11 is 1.49. The molecular weight excluding hydrogens is 472 g/mol. The minimum absolute atomic E-state index is 0. The number of aliphatic imine (C=N–C) groups is 1. The largest absolute Gasteiger partial charge is 0.345 e. The highest BCUT2D eigenvalue weighted by Gasteiger charge is 2.14. The molecule has 2 amide bonds. The molecule has 0 saturated carbocycles. The molecule has 0 atom stereocenters. The summed E-state index contributed by atoms with van der Waals surface area (Å²) in [5, 5.41) is 3.40. The van der Waals surface area contributed by atoms with Gasteiger partial charge in [0.1, 0.15) is 6.34 Å². The zero-order valence-corrected chi connectivity index (χ0v) is 21.0. The van der Waals surface area contributed by atoms with E-state index in [1.54, 1.807) is 19.0 Å². The number of benzene rings is 2. The zero-order valence-electron chi connectivity index (χ0n) is 19.4. The van der Waals surface area contributed by atoms with Gasteiger partial charge in [-0.05, 0) is 48.2 Å². The summed E-state index contributed by atoms with van der Waals surface area (Å²) in [5.41, 5.74) is 7.07. The van der Waals surface area contributed by atoms with Crippen molar-refractivity contribution in [3.05, 3.63) is 75.8 Å². The Balaban J connectivity index is 0.00000408. The molecule has 0 aliphatic heterocycles. The van der Waals surface area contributed by atoms with Gasteiger partial charge in [0.2, 0.25) is 5.91 Å². The number of aryl methyl sites for hydroxylation is 2. The molecule has 1 heterocycles. The van der Waals surface area contributed by atoms with E-state index in [0.717, 1.165) is 34.7 Å². The number of hydrogen-bond acceptors (Lipinski definition) is 6. The van der Waals surface area contributed by atoms with Gasteiger partial charge in [-0.1, -0.05) is 24.3 Å². The number of nitrogens with one attached hydrogen (secondary N) is 2. The second-order valence-corrected chi connectivity index (χ2v) is 8.82. The standard InChI is InChI=1S/C24H28N6O2S.ClH/c1-16(31)28-24-29-21(13-8-17-6-11-20(12-7-17)26-15-27-25)22(33-24)14-18-4-9-19(10-5-18)23(32)30(2)3;/h4-7,9-12,15H,8,13-14,25H2,1-3H3,(H,26,27)(H,28,29,31);1H. The molecule has 3 aromatic rings. The molecule has 3 rings (SSSR count). The molecule has 34 heavy (non-hydrogen) atoms. The van der Waals surface area contributed by atoms with E-state index in [-0.39, 0.29) is 24.2 Å². The highest BCUT2D eigenvalue weighted by molar-refractivity contribution is 7.15. The van der Waals surface area contributed by atoms with Gasteiger partial charge < -0.3 is 15.6 Å². The van der Waals surface area contributed by atoms with Crippen molar-refractivity contribution in [1.29, 1.82) is 0 Å². The van der Waals surface area contributed by atoms with Gasteiger partial charge in [0.25, 0.3) is 5.91 Å². The summed E-state index contributed by atoms with van der Waals surface area (Å²) < 4.78 is 0. The third kappa shape index (κ3) is 7.65. The summed E-state index contributed by atoms with van der Waals surface area (Å²) in [6, 6.07) is 15.6. The minimum atomic E-state index is -0.142. The second kappa shape index (κ2) is 12.8. The molecular formula is C24H29ClN6O2S. The van der Waals surface area contributed by atoms with Gasteiger partial charge >= 0.3 is 0 Å². The molecule has 0 aliphatic carbocycles. The number of carbonyl (C=O) groups excluding carboxylic acids is 2. The quantitative estimate of drug-likeness (QED) is 0.179. The SMILES string of the molecule is CC(=O)Nc1nc(CCc2ccc(N=CNN)cc2)c(Cc2ccc(C(=O)N(C)C)cc2)s1.Cl. The molecule has 0 fully saturated rings. The van der Waals surface area contributed by atoms with Crippen molar-refractivity contribution in [3.8, 4) is 0 Å². The Morgan fingerprint density at radius 1 is 1.06 bits per heavy atom. The van der Waals surface area contributed by atoms with Crippen LogP contribution in [0.15, 0.2) is 53.5 Å². The Hall–Kier alpha value is -3.27. The Kier molecular flexibility index (Phi) is 10.2. The number of thiazole rings is 1. The van der Waals surface area contributed by atoms with Gasteiger partial charge in [0.05, 0.1) is 11.4 Å². The van der Waals surface area contributed by atoms with Gasteiger partial charge in [-0.3, -0.25) is 9.59 Å². The van der Waals surface area contributed by atoms with Crippen molar-refractivity contribution in [3.63, 3.8) is 0 Å². The van der Waals surface area contributed by atoms with Crippen LogP contribution in [0.4, 0.5) is 10.8 Å². The molecule has 0 spiro atoms. The third-order valence-electron chi connectivity index (χ3n) is 4.91. The Morgan fingerprint density at radius 2 is 1.71 bits per heavy atom. The molecule has 0 bridgehead atoms. The number of anilines is 1. The van der Waals surface area contributed by atoms with Crippen molar-refractivity contribution < 1.29 is 9.59 Å². The first kappa shape index (κ1) is 27.0. The number of nitrogens with two attached hydrogens (primary N) is 1. The Bertz CT molecular complexity index is 1130. The van der Waals surface area contributed by atoms with Crippen LogP contribution in [-0.4, -0.2) is 42.1 Å². The minimum Gasteiger partial charge on any atom is -0.345 e. The van der Waals surface area contributed by atoms with E-state index in [1.165, 1.54) is 30.2 Å². The summed E-state index contributed by atoms with van der Waals surface area (Å²) in [6.45, 7) is 1.48. The number of carbonyl (C=O) groups is 2. The second-order valence-electron chi connectivity index (χ2n) is 7.73. The summed E-state index contributed by atoms with van der Waals surface area (Å²) in [7, 11) is 3.48. The molecule has 0 saturated heterocycles. The van der Waals surface area contributed by atoms with Gasteiger partial charge in [-0.25, -0.2) is 15.8 Å². The van der Waals surface area contributed by atoms with Crippen LogP contribution in [0, 0.1) is 0 Å². The fourth-order valence-corrected chi connectivity index (χ4v) is 4.34. The Labute approximate surface area is 209 Å². The van der Waals surface area contributed by atoms with Crippen LogP contribution in [0.2, 0.25) is 0 Å². The molecule has 180 valence electrons. The van der Waals surface area contributed by atoms with E-state index in [1.807, 2.05) is 48.5 Å². The van der Waals surface area contributed by atoms with Crippen LogP contribution in [-0.2, 0) is 24.1 Å². The van der Waals surface area contributed by atoms with E-state index in [9.17, 15) is 9.59 Å². The van der Waals surface area contributed by atoms with Crippen LogP contribution >= 0.6 is 23.7 Å². The van der Waals surface area contributed by atoms with E-state index < -0.39 is 0 Å². The number of amides is 2. The van der Waals surface area contributed by atoms with Gasteiger partial charge in [-0.2, -0.15) is 0 Å². The normalized spacial score (nSPS) is 10.6. The molecule has 0 radical (unpaired) electrons. The smallest absolute Gasteiger partial charge is 0.253 e. The fourth-order valence-electron chi connectivity index (χ4n) is 3.25. The lowest BCUT2D eigenvalue weighted by Gasteiger charge is -2.10. The first-order valence-corrected chi connectivity index (χ1v) is 11.3. The highest BCUT2D eigenvalue weighted by Crippen LogP contribution is 2.27. The third-order valence-corrected chi connectivity index (χ3v) is 5.92. The van der Waals surface area contributed by atoms with E-state index in [2.05, 4.69) is 20.7 Å². The molecule has 10 heteroatoms. The van der Waals surface area contributed by atoms with Gasteiger partial charge in [0.15, 0.2) is 5.13 Å². The predicted octanol–water partition coefficient (Wildman–Crippen LogP) is 3.72. The topological polar surface area (TPSA) is 113 Å². The van der Waals surface area contributed by atoms with Gasteiger partial charge in [-0.15, -0.1) is 23.7 Å². The molecule has 0 unspecified atom stereocenters. The number of halogens is 1. The van der Waals surface area contributed by atoms with E-state index in [4.69, 9.17) is 5.84 Å². The summed E-state index contributed by atoms with van der Waals surface area (Å²) in [5.74, 6) is 5.04. The maximum absolute atomic E-state index is 12.1. The fraction of sp³-hybridized carbons (Fsp3) is 0.250. The zero-order chi connectivity index (χ0) is 23.8. The lowest BCUT2D eigenvalue weighted by Crippen LogP contribution is -2.21. The van der Waals surface area contributed by atoms with Crippen LogP contribution in [0.3, 0.4) is 0 Å². The Morgan fingerprint density at radius 3 is 2.29 bits per heavy atom. The average molecular weight is 501 g/mol. The molecule has 4 N–H and O–H groups in total. The highest BCUT2D eigenvalue weighted by atomic mass is 35.5. The van der Waals surface area contributed by atoms with Crippen LogP contribution in [0.5, 0.6) is 0 Å². The lowest BCUT2D eigenvalue weighted by molar-refractivity contribution is -0.114. The first-order chi connectivity index (χ1) is 15.9. The van der Waals surface area contributed by atoms with Crippen LogP contribution < -0.4 is 16.6 Å². The van der Waals surface area contributed by atoms with Crippen molar-refractivity contribution >= 4 is 52.7 Å². The molecule has 8 nitrogen and oxygen atoms in total. The molecule has 2 aromatic carbocycles. The van der Waals surface area contributed by atoms with Crippen LogP contribution in [0.1, 0.15) is 39.0 Å². The summed E-state index contributed by atoms with van der Waals surface area (Å²) in [6.07, 6.45) is 3.67. The van der Waals surface area contributed by atoms with E-state index in [0.29, 0.717) is 17.1 Å². The number of hydrazine groups is 1. The predicted molar refractivity (Wildman–Crippen MR) is 140 cm³/mol. The van der Waals surface area contributed by atoms with Crippen molar-refractivity contribution in [2.45, 2.75) is 26.2 Å². The lowest BCUT2D eigenvalue weighted by atomic mass is 10.0. The maximum Gasteiger partial charge on any atom is 0.253 e. The summed E-state index contributed by atoms with van der Waals surface area (Å²) in [4.78, 5) is 35.2. The molecule has 0 aliphatic rings. The number of rotatable bonds is 9. The van der Waals surface area contributed by atoms with Crippen LogP contribution in [0.25, 0.3) is 0 Å². The number of hydrogen-bond donors (Lipinski definition) is 3. The number of nitrogens with zero attached hydrogens (tertiary/aromatic N) is 3.